The second-order valence-corrected chi connectivity index (χ2v) is 7.31. The number of aromatic nitrogens is 1. The number of aliphatic carboxylic acids is 1. The molecule has 0 fully saturated rings. The Balaban J connectivity index is 1.63. The summed E-state index contributed by atoms with van der Waals surface area (Å²) >= 11 is 1.29. The van der Waals surface area contributed by atoms with Gasteiger partial charge in [0.25, 0.3) is 0 Å². The quantitative estimate of drug-likeness (QED) is 0.414. The van der Waals surface area contributed by atoms with E-state index < -0.39 is 5.97 Å². The molecule has 1 aromatic heterocycles. The lowest BCUT2D eigenvalue weighted by Crippen LogP contribution is -2.09. The number of carbonyl (C=O) groups excluding carboxylic acids is 1. The second kappa shape index (κ2) is 9.80. The number of carboxylic acid groups (broad SMARTS) is 1. The van der Waals surface area contributed by atoms with Gasteiger partial charge in [0, 0.05) is 23.2 Å². The molecule has 0 aliphatic rings. The van der Waals surface area contributed by atoms with Crippen LogP contribution in [-0.2, 0) is 11.3 Å². The fourth-order valence-electron chi connectivity index (χ4n) is 2.79. The van der Waals surface area contributed by atoms with E-state index in [4.69, 9.17) is 9.84 Å². The van der Waals surface area contributed by atoms with Gasteiger partial charge in [-0.3, -0.25) is 9.59 Å². The van der Waals surface area contributed by atoms with Crippen molar-refractivity contribution in [1.29, 1.82) is 0 Å². The van der Waals surface area contributed by atoms with E-state index in [2.05, 4.69) is 0 Å². The molecule has 1 heterocycles. The summed E-state index contributed by atoms with van der Waals surface area (Å²) in [5.41, 5.74) is 2.25. The van der Waals surface area contributed by atoms with Crippen LogP contribution in [0.4, 0.5) is 0 Å². The molecule has 6 heteroatoms. The first kappa shape index (κ1) is 20.5. The van der Waals surface area contributed by atoms with Gasteiger partial charge in [0.1, 0.15) is 5.75 Å². The average Bonchev–Trinajstić information content (AvgIpc) is 3.21. The predicted octanol–water partition coefficient (Wildman–Crippen LogP) is 4.62. The summed E-state index contributed by atoms with van der Waals surface area (Å²) in [7, 11) is 1.59. The van der Waals surface area contributed by atoms with Crippen LogP contribution in [0.25, 0.3) is 6.08 Å². The third-order valence-corrected chi connectivity index (χ3v) is 5.27. The fraction of sp³-hybridized carbons (Fsp3) is 0.130. The summed E-state index contributed by atoms with van der Waals surface area (Å²) in [4.78, 5) is 24.3. The fourth-order valence-corrected chi connectivity index (χ4v) is 3.41. The van der Waals surface area contributed by atoms with Gasteiger partial charge in [-0.25, -0.2) is 0 Å². The second-order valence-electron chi connectivity index (χ2n) is 6.26. The van der Waals surface area contributed by atoms with Gasteiger partial charge in [-0.15, -0.1) is 11.8 Å². The van der Waals surface area contributed by atoms with Crippen molar-refractivity contribution in [1.82, 2.24) is 4.57 Å². The number of benzene rings is 2. The Morgan fingerprint density at radius 3 is 2.45 bits per heavy atom. The molecule has 29 heavy (non-hydrogen) atoms. The van der Waals surface area contributed by atoms with Gasteiger partial charge in [0.05, 0.1) is 18.6 Å². The lowest BCUT2D eigenvalue weighted by Gasteiger charge is -2.07. The standard InChI is InChI=1S/C23H21NO4S/c1-28-19-10-8-18(9-11-19)23(27)21-5-3-15-24(21)14-2-4-17-6-12-20(13-7-17)29-16-22(25)26/h2-13,15H,14,16H2,1H3,(H,25,26)/b4-2+. The predicted molar refractivity (Wildman–Crippen MR) is 115 cm³/mol. The number of hydrogen-bond donors (Lipinski definition) is 1. The van der Waals surface area contributed by atoms with E-state index in [1.54, 1.807) is 31.4 Å². The van der Waals surface area contributed by atoms with E-state index in [1.165, 1.54) is 11.8 Å². The molecule has 0 unspecified atom stereocenters. The molecular weight excluding hydrogens is 386 g/mol. The molecule has 1 N–H and O–H groups in total. The number of nitrogens with zero attached hydrogens (tertiary/aromatic N) is 1. The molecule has 0 amide bonds. The summed E-state index contributed by atoms with van der Waals surface area (Å²) in [5.74, 6) is -0.0998. The Hall–Kier alpha value is -3.25. The molecule has 148 valence electrons. The van der Waals surface area contributed by atoms with Gasteiger partial charge in [0.2, 0.25) is 5.78 Å². The number of ketones is 1. The van der Waals surface area contributed by atoms with Gasteiger partial charge in [-0.1, -0.05) is 24.3 Å². The van der Waals surface area contributed by atoms with Crippen molar-refractivity contribution in [2.24, 2.45) is 0 Å². The average molecular weight is 407 g/mol. The Kier molecular flexibility index (Phi) is 6.92. The van der Waals surface area contributed by atoms with E-state index in [-0.39, 0.29) is 11.5 Å². The zero-order chi connectivity index (χ0) is 20.6. The van der Waals surface area contributed by atoms with Gasteiger partial charge < -0.3 is 14.4 Å². The van der Waals surface area contributed by atoms with Crippen molar-refractivity contribution < 1.29 is 19.4 Å². The Bertz CT molecular complexity index is 1000. The van der Waals surface area contributed by atoms with E-state index in [1.807, 2.05) is 59.3 Å². The minimum Gasteiger partial charge on any atom is -0.497 e. The van der Waals surface area contributed by atoms with Crippen LogP contribution < -0.4 is 4.74 Å². The van der Waals surface area contributed by atoms with Crippen molar-refractivity contribution in [2.75, 3.05) is 12.9 Å². The number of rotatable bonds is 9. The van der Waals surface area contributed by atoms with E-state index in [0.717, 1.165) is 10.5 Å². The molecule has 3 rings (SSSR count). The molecular formula is C23H21NO4S. The van der Waals surface area contributed by atoms with Crippen LogP contribution >= 0.6 is 11.8 Å². The van der Waals surface area contributed by atoms with Crippen LogP contribution in [0.15, 0.2) is 77.8 Å². The number of carboxylic acids is 1. The molecule has 0 spiro atoms. The minimum atomic E-state index is -0.828. The topological polar surface area (TPSA) is 68.5 Å². The van der Waals surface area contributed by atoms with Crippen LogP contribution in [0.3, 0.4) is 0 Å². The summed E-state index contributed by atoms with van der Waals surface area (Å²) < 4.78 is 7.04. The van der Waals surface area contributed by atoms with Crippen LogP contribution in [0.5, 0.6) is 5.75 Å². The highest BCUT2D eigenvalue weighted by Gasteiger charge is 2.12. The third kappa shape index (κ3) is 5.62. The maximum atomic E-state index is 12.8. The lowest BCUT2D eigenvalue weighted by atomic mass is 10.1. The molecule has 2 aromatic carbocycles. The molecule has 0 bridgehead atoms. The van der Waals surface area contributed by atoms with Gasteiger partial charge in [-0.2, -0.15) is 0 Å². The Morgan fingerprint density at radius 2 is 1.79 bits per heavy atom. The smallest absolute Gasteiger partial charge is 0.313 e. The third-order valence-electron chi connectivity index (χ3n) is 4.27. The van der Waals surface area contributed by atoms with E-state index in [0.29, 0.717) is 23.6 Å². The first-order valence-corrected chi connectivity index (χ1v) is 10.0. The molecule has 0 saturated heterocycles. The highest BCUT2D eigenvalue weighted by atomic mass is 32.2. The van der Waals surface area contributed by atoms with Crippen molar-refractivity contribution in [3.8, 4) is 5.75 Å². The molecule has 0 aliphatic heterocycles. The molecule has 0 aliphatic carbocycles. The summed E-state index contributed by atoms with van der Waals surface area (Å²) in [6, 6.07) is 18.4. The number of carbonyl (C=O) groups is 2. The number of allylic oxidation sites excluding steroid dienone is 1. The number of methoxy groups -OCH3 is 1. The first-order chi connectivity index (χ1) is 14.1. The summed E-state index contributed by atoms with van der Waals surface area (Å²) in [5, 5.41) is 8.73. The van der Waals surface area contributed by atoms with E-state index >= 15 is 0 Å². The van der Waals surface area contributed by atoms with E-state index in [9.17, 15) is 9.59 Å². The van der Waals surface area contributed by atoms with Crippen LogP contribution in [0.2, 0.25) is 0 Å². The zero-order valence-corrected chi connectivity index (χ0v) is 16.8. The van der Waals surface area contributed by atoms with Crippen molar-refractivity contribution >= 4 is 29.6 Å². The van der Waals surface area contributed by atoms with Gasteiger partial charge in [0.15, 0.2) is 0 Å². The van der Waals surface area contributed by atoms with Crippen molar-refractivity contribution in [2.45, 2.75) is 11.4 Å². The minimum absolute atomic E-state index is 0.0362. The summed E-state index contributed by atoms with van der Waals surface area (Å²) in [6.45, 7) is 0.569. The van der Waals surface area contributed by atoms with Gasteiger partial charge in [-0.05, 0) is 54.1 Å². The monoisotopic (exact) mass is 407 g/mol. The zero-order valence-electron chi connectivity index (χ0n) is 15.9. The van der Waals surface area contributed by atoms with Gasteiger partial charge >= 0.3 is 5.97 Å². The molecule has 0 saturated carbocycles. The SMILES string of the molecule is COc1ccc(C(=O)c2cccn2C/C=C/c2ccc(SCC(=O)O)cc2)cc1. The van der Waals surface area contributed by atoms with Crippen LogP contribution in [0, 0.1) is 0 Å². The van der Waals surface area contributed by atoms with Crippen LogP contribution in [0.1, 0.15) is 21.6 Å². The van der Waals surface area contributed by atoms with Crippen molar-refractivity contribution in [3.05, 3.63) is 89.8 Å². The number of thioether (sulfide) groups is 1. The molecule has 0 atom stereocenters. The van der Waals surface area contributed by atoms with Crippen LogP contribution in [-0.4, -0.2) is 34.3 Å². The number of hydrogen-bond acceptors (Lipinski definition) is 4. The maximum Gasteiger partial charge on any atom is 0.313 e. The molecule has 5 nitrogen and oxygen atoms in total. The Morgan fingerprint density at radius 1 is 1.07 bits per heavy atom. The Labute approximate surface area is 173 Å². The molecule has 0 radical (unpaired) electrons. The normalized spacial score (nSPS) is 10.9. The largest absolute Gasteiger partial charge is 0.497 e. The van der Waals surface area contributed by atoms with Crippen molar-refractivity contribution in [3.63, 3.8) is 0 Å². The lowest BCUT2D eigenvalue weighted by molar-refractivity contribution is -0.133. The highest BCUT2D eigenvalue weighted by molar-refractivity contribution is 8.00. The first-order valence-electron chi connectivity index (χ1n) is 9.02. The summed E-state index contributed by atoms with van der Waals surface area (Å²) in [6.07, 6.45) is 5.85. The molecule has 3 aromatic rings. The maximum absolute atomic E-state index is 12.8. The highest BCUT2D eigenvalue weighted by Crippen LogP contribution is 2.19. The number of ether oxygens (including phenoxy) is 1.